The minimum absolute atomic E-state index is 0.0127. The number of carbonyl (C=O) groups is 1. The number of esters is 1. The van der Waals surface area contributed by atoms with E-state index in [1.54, 1.807) is 0 Å². The zero-order valence-corrected chi connectivity index (χ0v) is 8.03. The zero-order chi connectivity index (χ0) is 9.68. The quantitative estimate of drug-likeness (QED) is 0.532. The van der Waals surface area contributed by atoms with Crippen molar-refractivity contribution in [3.8, 4) is 0 Å². The summed E-state index contributed by atoms with van der Waals surface area (Å²) in [5.74, 6) is -0.381. The van der Waals surface area contributed by atoms with Gasteiger partial charge in [-0.15, -0.1) is 0 Å². The predicted molar refractivity (Wildman–Crippen MR) is 47.4 cm³/mol. The van der Waals surface area contributed by atoms with Gasteiger partial charge in [0.1, 0.15) is 6.54 Å². The molecule has 13 heavy (non-hydrogen) atoms. The number of nitrogens with zero attached hydrogens (tertiary/aromatic N) is 1. The van der Waals surface area contributed by atoms with E-state index in [1.807, 2.05) is 0 Å². The molecule has 0 heterocycles. The molecule has 0 aromatic rings. The second-order valence-electron chi connectivity index (χ2n) is 3.47. The molecular formula is C9H17NO3. The summed E-state index contributed by atoms with van der Waals surface area (Å²) in [6.07, 6.45) is 5.48. The van der Waals surface area contributed by atoms with E-state index in [1.165, 1.54) is 13.5 Å². The zero-order valence-electron chi connectivity index (χ0n) is 8.03. The van der Waals surface area contributed by atoms with Gasteiger partial charge in [0.15, 0.2) is 0 Å². The summed E-state index contributed by atoms with van der Waals surface area (Å²) in [6, 6.07) is 0.146. The average molecular weight is 187 g/mol. The molecular weight excluding hydrogens is 170 g/mol. The highest BCUT2D eigenvalue weighted by molar-refractivity contribution is 5.71. The topological polar surface area (TPSA) is 49.8 Å². The number of hydrogen-bond acceptors (Lipinski definition) is 4. The molecule has 1 N–H and O–H groups in total. The molecule has 1 aliphatic rings. The van der Waals surface area contributed by atoms with Crippen LogP contribution in [0.1, 0.15) is 32.1 Å². The maximum absolute atomic E-state index is 10.8. The van der Waals surface area contributed by atoms with Gasteiger partial charge in [-0.1, -0.05) is 19.3 Å². The average Bonchev–Trinajstić information content (AvgIpc) is 2.19. The van der Waals surface area contributed by atoms with E-state index in [0.717, 1.165) is 30.7 Å². The molecule has 0 saturated heterocycles. The van der Waals surface area contributed by atoms with Crippen molar-refractivity contribution in [3.05, 3.63) is 0 Å². The predicted octanol–water partition coefficient (Wildman–Crippen LogP) is 1.18. The highest BCUT2D eigenvalue weighted by Crippen LogP contribution is 2.21. The van der Waals surface area contributed by atoms with E-state index in [9.17, 15) is 10.0 Å². The van der Waals surface area contributed by atoms with Crippen molar-refractivity contribution < 1.29 is 14.7 Å². The Morgan fingerprint density at radius 2 is 2.08 bits per heavy atom. The fourth-order valence-electron chi connectivity index (χ4n) is 1.71. The van der Waals surface area contributed by atoms with Crippen LogP contribution in [0, 0.1) is 0 Å². The monoisotopic (exact) mass is 187 g/mol. The first-order valence-corrected chi connectivity index (χ1v) is 4.76. The Kier molecular flexibility index (Phi) is 4.18. The van der Waals surface area contributed by atoms with Gasteiger partial charge in [0.2, 0.25) is 0 Å². The third-order valence-corrected chi connectivity index (χ3v) is 2.51. The molecule has 4 nitrogen and oxygen atoms in total. The largest absolute Gasteiger partial charge is 0.468 e. The number of ether oxygens (including phenoxy) is 1. The van der Waals surface area contributed by atoms with Crippen LogP contribution in [-0.2, 0) is 9.53 Å². The molecule has 1 fully saturated rings. The number of hydrogen-bond donors (Lipinski definition) is 1. The molecule has 4 heteroatoms. The van der Waals surface area contributed by atoms with Crippen molar-refractivity contribution >= 4 is 5.97 Å². The summed E-state index contributed by atoms with van der Waals surface area (Å²) in [4.78, 5) is 10.8. The molecule has 0 aliphatic heterocycles. The normalized spacial score (nSPS) is 19.0. The van der Waals surface area contributed by atoms with Crippen molar-refractivity contribution in [1.29, 1.82) is 0 Å². The molecule has 0 bridgehead atoms. The Morgan fingerprint density at radius 1 is 1.46 bits per heavy atom. The van der Waals surface area contributed by atoms with Gasteiger partial charge >= 0.3 is 5.97 Å². The van der Waals surface area contributed by atoms with E-state index >= 15 is 0 Å². The summed E-state index contributed by atoms with van der Waals surface area (Å²) in [5, 5.41) is 10.6. The van der Waals surface area contributed by atoms with Gasteiger partial charge in [0.05, 0.1) is 7.11 Å². The van der Waals surface area contributed by atoms with E-state index in [2.05, 4.69) is 4.74 Å². The molecule has 1 saturated carbocycles. The van der Waals surface area contributed by atoms with E-state index in [0.29, 0.717) is 0 Å². The maximum atomic E-state index is 10.8. The smallest absolute Gasteiger partial charge is 0.322 e. The lowest BCUT2D eigenvalue weighted by Gasteiger charge is -2.28. The molecule has 1 rings (SSSR count). The molecule has 0 aromatic heterocycles. The molecule has 0 amide bonds. The summed E-state index contributed by atoms with van der Waals surface area (Å²) in [6.45, 7) is -0.0127. The first kappa shape index (κ1) is 10.5. The van der Waals surface area contributed by atoms with E-state index in [4.69, 9.17) is 0 Å². The Labute approximate surface area is 78.4 Å². The Morgan fingerprint density at radius 3 is 2.62 bits per heavy atom. The van der Waals surface area contributed by atoms with Crippen LogP contribution in [0.2, 0.25) is 0 Å². The lowest BCUT2D eigenvalue weighted by Crippen LogP contribution is -2.38. The van der Waals surface area contributed by atoms with E-state index in [-0.39, 0.29) is 18.6 Å². The van der Waals surface area contributed by atoms with Gasteiger partial charge in [-0.25, -0.2) is 0 Å². The van der Waals surface area contributed by atoms with Gasteiger partial charge in [0, 0.05) is 6.04 Å². The van der Waals surface area contributed by atoms with Gasteiger partial charge in [-0.05, 0) is 12.8 Å². The molecule has 1 aliphatic carbocycles. The SMILES string of the molecule is COC(=O)CN(O)C1CCCCC1. The molecule has 0 spiro atoms. The van der Waals surface area contributed by atoms with Crippen LogP contribution in [0.4, 0.5) is 0 Å². The number of carbonyl (C=O) groups excluding carboxylic acids is 1. The van der Waals surface area contributed by atoms with Crippen molar-refractivity contribution in [2.24, 2.45) is 0 Å². The van der Waals surface area contributed by atoms with Crippen LogP contribution in [0.5, 0.6) is 0 Å². The second kappa shape index (κ2) is 5.19. The van der Waals surface area contributed by atoms with Crippen LogP contribution in [-0.4, -0.2) is 35.9 Å². The van der Waals surface area contributed by atoms with Crippen LogP contribution in [0.3, 0.4) is 0 Å². The first-order chi connectivity index (χ1) is 6.24. The highest BCUT2D eigenvalue weighted by Gasteiger charge is 2.21. The molecule has 0 aromatic carbocycles. The molecule has 0 unspecified atom stereocenters. The van der Waals surface area contributed by atoms with Gasteiger partial charge in [-0.3, -0.25) is 4.79 Å². The van der Waals surface area contributed by atoms with Gasteiger partial charge < -0.3 is 9.94 Å². The second-order valence-corrected chi connectivity index (χ2v) is 3.47. The summed E-state index contributed by atoms with van der Waals surface area (Å²) in [5.41, 5.74) is 0. The van der Waals surface area contributed by atoms with E-state index < -0.39 is 0 Å². The summed E-state index contributed by atoms with van der Waals surface area (Å²) in [7, 11) is 1.33. The fourth-order valence-corrected chi connectivity index (χ4v) is 1.71. The number of hydroxylamine groups is 2. The van der Waals surface area contributed by atoms with Gasteiger partial charge in [0.25, 0.3) is 0 Å². The van der Waals surface area contributed by atoms with Gasteiger partial charge in [-0.2, -0.15) is 5.06 Å². The third-order valence-electron chi connectivity index (χ3n) is 2.51. The third kappa shape index (κ3) is 3.32. The Bertz CT molecular complexity index is 166. The minimum atomic E-state index is -0.381. The first-order valence-electron chi connectivity index (χ1n) is 4.76. The number of methoxy groups -OCH3 is 1. The Balaban J connectivity index is 2.28. The highest BCUT2D eigenvalue weighted by atomic mass is 16.5. The van der Waals surface area contributed by atoms with Crippen molar-refractivity contribution in [3.63, 3.8) is 0 Å². The van der Waals surface area contributed by atoms with Crippen LogP contribution < -0.4 is 0 Å². The lowest BCUT2D eigenvalue weighted by atomic mass is 9.95. The summed E-state index contributed by atoms with van der Waals surface area (Å²) >= 11 is 0. The Hall–Kier alpha value is -0.610. The van der Waals surface area contributed by atoms with Crippen LogP contribution >= 0.6 is 0 Å². The fraction of sp³-hybridized carbons (Fsp3) is 0.889. The molecule has 76 valence electrons. The van der Waals surface area contributed by atoms with Crippen LogP contribution in [0.25, 0.3) is 0 Å². The standard InChI is InChI=1S/C9H17NO3/c1-13-9(11)7-10(12)8-5-3-2-4-6-8/h8,12H,2-7H2,1H3. The maximum Gasteiger partial charge on any atom is 0.322 e. The number of rotatable bonds is 3. The van der Waals surface area contributed by atoms with Crippen molar-refractivity contribution in [1.82, 2.24) is 5.06 Å². The minimum Gasteiger partial charge on any atom is -0.468 e. The van der Waals surface area contributed by atoms with Crippen LogP contribution in [0.15, 0.2) is 0 Å². The van der Waals surface area contributed by atoms with Crippen molar-refractivity contribution in [2.45, 2.75) is 38.1 Å². The molecule has 0 radical (unpaired) electrons. The van der Waals surface area contributed by atoms with Crippen molar-refractivity contribution in [2.75, 3.05) is 13.7 Å². The lowest BCUT2D eigenvalue weighted by molar-refractivity contribution is -0.168. The summed E-state index contributed by atoms with van der Waals surface area (Å²) < 4.78 is 4.47. The molecule has 0 atom stereocenters.